The van der Waals surface area contributed by atoms with Crippen molar-refractivity contribution in [1.29, 1.82) is 0 Å². The summed E-state index contributed by atoms with van der Waals surface area (Å²) in [6.45, 7) is 2.93. The number of benzene rings is 1. The molecule has 0 bridgehead atoms. The first-order chi connectivity index (χ1) is 9.61. The van der Waals surface area contributed by atoms with Crippen molar-refractivity contribution in [3.8, 4) is 0 Å². The zero-order valence-corrected chi connectivity index (χ0v) is 12.5. The van der Waals surface area contributed by atoms with Crippen LogP contribution in [0.5, 0.6) is 0 Å². The summed E-state index contributed by atoms with van der Waals surface area (Å²) in [6, 6.07) is 10.2. The third-order valence-electron chi connectivity index (χ3n) is 3.15. The van der Waals surface area contributed by atoms with Gasteiger partial charge in [0.15, 0.2) is 0 Å². The predicted molar refractivity (Wildman–Crippen MR) is 85.5 cm³/mol. The van der Waals surface area contributed by atoms with Gasteiger partial charge in [0.25, 0.3) is 5.91 Å². The fourth-order valence-corrected chi connectivity index (χ4v) is 2.95. The van der Waals surface area contributed by atoms with Crippen LogP contribution in [0, 0.1) is 6.92 Å². The molecule has 0 atom stereocenters. The van der Waals surface area contributed by atoms with Gasteiger partial charge in [-0.25, -0.2) is 0 Å². The number of aryl methyl sites for hydroxylation is 1. The van der Waals surface area contributed by atoms with Gasteiger partial charge in [-0.2, -0.15) is 0 Å². The first-order valence-electron chi connectivity index (χ1n) is 6.51. The summed E-state index contributed by atoms with van der Waals surface area (Å²) in [5.41, 5.74) is 8.98. The Labute approximate surface area is 123 Å². The van der Waals surface area contributed by atoms with E-state index in [9.17, 15) is 4.79 Å². The molecular formula is C15H19N3OS. The summed E-state index contributed by atoms with van der Waals surface area (Å²) < 4.78 is 0. The van der Waals surface area contributed by atoms with Crippen molar-refractivity contribution in [2.45, 2.75) is 13.3 Å². The fourth-order valence-electron chi connectivity index (χ4n) is 1.99. The Morgan fingerprint density at radius 2 is 2.10 bits per heavy atom. The molecule has 0 spiro atoms. The van der Waals surface area contributed by atoms with Crippen molar-refractivity contribution >= 4 is 27.9 Å². The number of hydrogen-bond donors (Lipinski definition) is 3. The molecule has 2 rings (SSSR count). The number of anilines is 2. The number of hydrogen-bond acceptors (Lipinski definition) is 4. The molecule has 0 saturated carbocycles. The molecule has 0 radical (unpaired) electrons. The maximum absolute atomic E-state index is 11.6. The second kappa shape index (κ2) is 6.43. The lowest BCUT2D eigenvalue weighted by Crippen LogP contribution is -2.17. The summed E-state index contributed by atoms with van der Waals surface area (Å²) in [5, 5.41) is 6.83. The van der Waals surface area contributed by atoms with E-state index in [1.165, 1.54) is 22.5 Å². The lowest BCUT2D eigenvalue weighted by Gasteiger charge is -2.06. The molecule has 5 heteroatoms. The Balaban J connectivity index is 1.95. The van der Waals surface area contributed by atoms with E-state index < -0.39 is 0 Å². The maximum Gasteiger partial charge on any atom is 0.263 e. The molecule has 0 unspecified atom stereocenters. The standard InChI is InChI=1S/C15H19N3OS/c1-10-5-3-4-6-11(10)7-8-18-13-9-12(16)14(20-13)15(19)17-2/h3-6,9,18H,7-8,16H2,1-2H3,(H,17,19). The molecule has 1 aromatic heterocycles. The molecule has 4 N–H and O–H groups in total. The molecule has 1 aromatic carbocycles. The first kappa shape index (κ1) is 14.4. The number of thiophene rings is 1. The topological polar surface area (TPSA) is 67.2 Å². The van der Waals surface area contributed by atoms with Crippen molar-refractivity contribution in [2.24, 2.45) is 0 Å². The third-order valence-corrected chi connectivity index (χ3v) is 4.26. The van der Waals surface area contributed by atoms with Crippen LogP contribution in [0.1, 0.15) is 20.8 Å². The summed E-state index contributed by atoms with van der Waals surface area (Å²) in [6.07, 6.45) is 0.944. The summed E-state index contributed by atoms with van der Waals surface area (Å²) in [7, 11) is 1.60. The zero-order valence-electron chi connectivity index (χ0n) is 11.7. The van der Waals surface area contributed by atoms with Crippen LogP contribution in [0.15, 0.2) is 30.3 Å². The van der Waals surface area contributed by atoms with Crippen LogP contribution in [0.3, 0.4) is 0 Å². The van der Waals surface area contributed by atoms with Gasteiger partial charge in [0.2, 0.25) is 0 Å². The number of nitrogen functional groups attached to an aromatic ring is 1. The number of nitrogens with one attached hydrogen (secondary N) is 2. The van der Waals surface area contributed by atoms with E-state index in [0.717, 1.165) is 18.0 Å². The average Bonchev–Trinajstić information content (AvgIpc) is 2.81. The van der Waals surface area contributed by atoms with Crippen molar-refractivity contribution in [3.05, 3.63) is 46.3 Å². The molecule has 0 aliphatic heterocycles. The van der Waals surface area contributed by atoms with E-state index in [2.05, 4.69) is 35.8 Å². The summed E-state index contributed by atoms with van der Waals surface area (Å²) in [4.78, 5) is 12.1. The van der Waals surface area contributed by atoms with Gasteiger partial charge in [-0.05, 0) is 30.5 Å². The fraction of sp³-hybridized carbons (Fsp3) is 0.267. The van der Waals surface area contributed by atoms with E-state index in [0.29, 0.717) is 10.6 Å². The van der Waals surface area contributed by atoms with Gasteiger partial charge >= 0.3 is 0 Å². The van der Waals surface area contributed by atoms with E-state index in [1.807, 2.05) is 12.1 Å². The van der Waals surface area contributed by atoms with Crippen LogP contribution in [0.4, 0.5) is 10.7 Å². The molecular weight excluding hydrogens is 270 g/mol. The Morgan fingerprint density at radius 3 is 2.80 bits per heavy atom. The Kier molecular flexibility index (Phi) is 4.63. The highest BCUT2D eigenvalue weighted by atomic mass is 32.1. The predicted octanol–water partition coefficient (Wildman–Crippen LogP) is 2.65. The Bertz CT molecular complexity index is 607. The maximum atomic E-state index is 11.6. The lowest BCUT2D eigenvalue weighted by atomic mass is 10.1. The molecule has 1 amide bonds. The average molecular weight is 289 g/mol. The molecule has 4 nitrogen and oxygen atoms in total. The molecule has 2 aromatic rings. The van der Waals surface area contributed by atoms with Gasteiger partial charge in [0, 0.05) is 13.6 Å². The number of rotatable bonds is 5. The monoisotopic (exact) mass is 289 g/mol. The SMILES string of the molecule is CNC(=O)c1sc(NCCc2ccccc2C)cc1N. The van der Waals surface area contributed by atoms with Crippen molar-refractivity contribution < 1.29 is 4.79 Å². The molecule has 0 saturated heterocycles. The molecule has 0 aliphatic rings. The van der Waals surface area contributed by atoms with Crippen LogP contribution in [0.25, 0.3) is 0 Å². The molecule has 0 aliphatic carbocycles. The van der Waals surface area contributed by atoms with Crippen LogP contribution in [-0.4, -0.2) is 19.5 Å². The second-order valence-electron chi connectivity index (χ2n) is 4.58. The van der Waals surface area contributed by atoms with E-state index >= 15 is 0 Å². The van der Waals surface area contributed by atoms with E-state index in [-0.39, 0.29) is 5.91 Å². The second-order valence-corrected chi connectivity index (χ2v) is 5.63. The molecule has 20 heavy (non-hydrogen) atoms. The minimum absolute atomic E-state index is 0.139. The zero-order chi connectivity index (χ0) is 14.5. The van der Waals surface area contributed by atoms with Gasteiger partial charge in [0.1, 0.15) is 4.88 Å². The van der Waals surface area contributed by atoms with Crippen molar-refractivity contribution in [1.82, 2.24) is 5.32 Å². The Hall–Kier alpha value is -2.01. The highest BCUT2D eigenvalue weighted by Crippen LogP contribution is 2.29. The normalized spacial score (nSPS) is 10.3. The molecule has 106 valence electrons. The van der Waals surface area contributed by atoms with Gasteiger partial charge in [-0.3, -0.25) is 4.79 Å². The highest BCUT2D eigenvalue weighted by Gasteiger charge is 2.12. The quantitative estimate of drug-likeness (QED) is 0.792. The van der Waals surface area contributed by atoms with Crippen LogP contribution < -0.4 is 16.4 Å². The highest BCUT2D eigenvalue weighted by molar-refractivity contribution is 7.18. The van der Waals surface area contributed by atoms with Crippen LogP contribution >= 0.6 is 11.3 Å². The third kappa shape index (κ3) is 3.30. The van der Waals surface area contributed by atoms with Crippen molar-refractivity contribution in [2.75, 3.05) is 24.6 Å². The minimum atomic E-state index is -0.139. The summed E-state index contributed by atoms with van der Waals surface area (Å²) in [5.74, 6) is -0.139. The smallest absolute Gasteiger partial charge is 0.263 e. The first-order valence-corrected chi connectivity index (χ1v) is 7.33. The van der Waals surface area contributed by atoms with E-state index in [1.54, 1.807) is 7.05 Å². The Morgan fingerprint density at radius 1 is 1.35 bits per heavy atom. The summed E-state index contributed by atoms with van der Waals surface area (Å²) >= 11 is 1.38. The lowest BCUT2D eigenvalue weighted by molar-refractivity contribution is 0.0968. The molecule has 0 fully saturated rings. The number of carbonyl (C=O) groups excluding carboxylic acids is 1. The van der Waals surface area contributed by atoms with E-state index in [4.69, 9.17) is 5.73 Å². The number of nitrogens with two attached hydrogens (primary N) is 1. The van der Waals surface area contributed by atoms with Crippen LogP contribution in [0.2, 0.25) is 0 Å². The van der Waals surface area contributed by atoms with Gasteiger partial charge < -0.3 is 16.4 Å². The largest absolute Gasteiger partial charge is 0.397 e. The number of amides is 1. The molecule has 1 heterocycles. The van der Waals surface area contributed by atoms with Crippen LogP contribution in [-0.2, 0) is 6.42 Å². The number of carbonyl (C=O) groups is 1. The van der Waals surface area contributed by atoms with Gasteiger partial charge in [-0.1, -0.05) is 24.3 Å². The van der Waals surface area contributed by atoms with Gasteiger partial charge in [0.05, 0.1) is 10.7 Å². The van der Waals surface area contributed by atoms with Gasteiger partial charge in [-0.15, -0.1) is 11.3 Å². The van der Waals surface area contributed by atoms with Crippen molar-refractivity contribution in [3.63, 3.8) is 0 Å². The minimum Gasteiger partial charge on any atom is -0.397 e.